The van der Waals surface area contributed by atoms with Crippen molar-refractivity contribution in [1.82, 2.24) is 0 Å². The third kappa shape index (κ3) is 2.94. The molecule has 0 bridgehead atoms. The maximum atomic E-state index is 11.2. The van der Waals surface area contributed by atoms with Crippen molar-refractivity contribution in [1.29, 1.82) is 0 Å². The Balaban J connectivity index is 2.45. The van der Waals surface area contributed by atoms with Gasteiger partial charge in [-0.2, -0.15) is 11.3 Å². The minimum absolute atomic E-state index is 0.125. The number of ether oxygens (including phenoxy) is 1. The Morgan fingerprint density at radius 2 is 2.21 bits per heavy atom. The van der Waals surface area contributed by atoms with Crippen LogP contribution in [0.15, 0.2) is 29.0 Å². The molecule has 1 heterocycles. The van der Waals surface area contributed by atoms with Gasteiger partial charge in [-0.15, -0.1) is 0 Å². The van der Waals surface area contributed by atoms with Gasteiger partial charge in [0.15, 0.2) is 0 Å². The van der Waals surface area contributed by atoms with E-state index < -0.39 is 0 Å². The summed E-state index contributed by atoms with van der Waals surface area (Å²) in [6, 6.07) is 5.71. The predicted octanol–water partition coefficient (Wildman–Crippen LogP) is 2.84. The molecule has 0 aliphatic rings. The van der Waals surface area contributed by atoms with Crippen molar-refractivity contribution in [3.05, 3.63) is 34.5 Å². The second kappa shape index (κ2) is 5.86. The smallest absolute Gasteiger partial charge is 0.221 e. The summed E-state index contributed by atoms with van der Waals surface area (Å²) in [4.78, 5) is 11.2. The lowest BCUT2D eigenvalue weighted by atomic mass is 10.0. The summed E-state index contributed by atoms with van der Waals surface area (Å²) in [5.41, 5.74) is 9.61. The zero-order valence-electron chi connectivity index (χ0n) is 10.9. The van der Waals surface area contributed by atoms with E-state index in [1.54, 1.807) is 18.4 Å². The van der Waals surface area contributed by atoms with Crippen molar-refractivity contribution < 1.29 is 9.53 Å². The van der Waals surface area contributed by atoms with Gasteiger partial charge in [0.05, 0.1) is 12.8 Å². The minimum atomic E-state index is -0.125. The van der Waals surface area contributed by atoms with E-state index in [9.17, 15) is 4.79 Å². The first kappa shape index (κ1) is 13.6. The molecule has 0 unspecified atom stereocenters. The van der Waals surface area contributed by atoms with Gasteiger partial charge in [-0.1, -0.05) is 6.07 Å². The average molecular weight is 276 g/mol. The molecule has 2 aromatic rings. The fourth-order valence-corrected chi connectivity index (χ4v) is 2.78. The van der Waals surface area contributed by atoms with Gasteiger partial charge < -0.3 is 15.8 Å². The molecule has 4 nitrogen and oxygen atoms in total. The van der Waals surface area contributed by atoms with Gasteiger partial charge in [0, 0.05) is 13.5 Å². The maximum Gasteiger partial charge on any atom is 0.221 e. The van der Waals surface area contributed by atoms with E-state index in [0.717, 1.165) is 16.7 Å². The number of hydrogen-bond acceptors (Lipinski definition) is 4. The normalized spacial score (nSPS) is 10.3. The van der Waals surface area contributed by atoms with Crippen LogP contribution in [0.2, 0.25) is 0 Å². The van der Waals surface area contributed by atoms with Crippen molar-refractivity contribution in [2.24, 2.45) is 5.73 Å². The summed E-state index contributed by atoms with van der Waals surface area (Å²) in [6.07, 6.45) is 0. The van der Waals surface area contributed by atoms with Gasteiger partial charge >= 0.3 is 0 Å². The van der Waals surface area contributed by atoms with Crippen molar-refractivity contribution in [2.45, 2.75) is 13.5 Å². The first-order valence-electron chi connectivity index (χ1n) is 5.87. The highest BCUT2D eigenvalue weighted by molar-refractivity contribution is 7.08. The predicted molar refractivity (Wildman–Crippen MR) is 78.5 cm³/mol. The van der Waals surface area contributed by atoms with E-state index in [1.165, 1.54) is 6.92 Å². The van der Waals surface area contributed by atoms with E-state index in [2.05, 4.69) is 10.7 Å². The number of carbonyl (C=O) groups is 1. The van der Waals surface area contributed by atoms with E-state index in [4.69, 9.17) is 10.5 Å². The Kier molecular flexibility index (Phi) is 4.19. The number of carbonyl (C=O) groups excluding carboxylic acids is 1. The molecule has 19 heavy (non-hydrogen) atoms. The van der Waals surface area contributed by atoms with Gasteiger partial charge in [0.25, 0.3) is 0 Å². The highest BCUT2D eigenvalue weighted by Crippen LogP contribution is 2.33. The lowest BCUT2D eigenvalue weighted by molar-refractivity contribution is -0.114. The molecule has 0 fully saturated rings. The molecule has 0 atom stereocenters. The van der Waals surface area contributed by atoms with Crippen LogP contribution in [0.3, 0.4) is 0 Å². The molecule has 0 radical (unpaired) electrons. The summed E-state index contributed by atoms with van der Waals surface area (Å²) in [6.45, 7) is 1.97. The number of nitrogens with two attached hydrogens (primary N) is 1. The molecule has 1 aromatic heterocycles. The first-order valence-corrected chi connectivity index (χ1v) is 6.81. The lowest BCUT2D eigenvalue weighted by Gasteiger charge is -2.11. The molecular formula is C14H16N2O2S. The maximum absolute atomic E-state index is 11.2. The molecule has 0 aliphatic heterocycles. The fraction of sp³-hybridized carbons (Fsp3) is 0.214. The molecule has 0 aliphatic carbocycles. The van der Waals surface area contributed by atoms with E-state index in [-0.39, 0.29) is 5.91 Å². The second-order valence-corrected chi connectivity index (χ2v) is 4.85. The fourth-order valence-electron chi connectivity index (χ4n) is 1.90. The number of thiophene rings is 1. The van der Waals surface area contributed by atoms with E-state index in [0.29, 0.717) is 18.0 Å². The van der Waals surface area contributed by atoms with Crippen molar-refractivity contribution in [3.8, 4) is 16.9 Å². The van der Waals surface area contributed by atoms with E-state index >= 15 is 0 Å². The van der Waals surface area contributed by atoms with Gasteiger partial charge in [0.1, 0.15) is 5.75 Å². The second-order valence-electron chi connectivity index (χ2n) is 4.11. The summed E-state index contributed by atoms with van der Waals surface area (Å²) in [7, 11) is 1.58. The number of methoxy groups -OCH3 is 1. The third-order valence-corrected chi connectivity index (χ3v) is 3.58. The molecule has 2 rings (SSSR count). The molecule has 3 N–H and O–H groups in total. The largest absolute Gasteiger partial charge is 0.495 e. The minimum Gasteiger partial charge on any atom is -0.495 e. The van der Waals surface area contributed by atoms with Crippen LogP contribution in [-0.2, 0) is 11.3 Å². The summed E-state index contributed by atoms with van der Waals surface area (Å²) in [5, 5.41) is 6.87. The Morgan fingerprint density at radius 1 is 1.42 bits per heavy atom. The summed E-state index contributed by atoms with van der Waals surface area (Å²) >= 11 is 1.62. The van der Waals surface area contributed by atoms with Crippen LogP contribution in [0.5, 0.6) is 5.75 Å². The Labute approximate surface area is 116 Å². The lowest BCUT2D eigenvalue weighted by Crippen LogP contribution is -2.07. The highest BCUT2D eigenvalue weighted by atomic mass is 32.1. The van der Waals surface area contributed by atoms with Crippen LogP contribution in [0.25, 0.3) is 11.1 Å². The topological polar surface area (TPSA) is 64.3 Å². The standard InChI is InChI=1S/C14H16N2O2S/c1-9(17)16-13-5-10(3-4-14(13)18-2)12-8-19-7-11(12)6-15/h3-5,7-8H,6,15H2,1-2H3,(H,16,17). The zero-order chi connectivity index (χ0) is 13.8. The Morgan fingerprint density at radius 3 is 2.84 bits per heavy atom. The van der Waals surface area contributed by atoms with Crippen LogP contribution in [-0.4, -0.2) is 13.0 Å². The van der Waals surface area contributed by atoms with Gasteiger partial charge in [-0.05, 0) is 39.6 Å². The van der Waals surface area contributed by atoms with Gasteiger partial charge in [-0.25, -0.2) is 0 Å². The van der Waals surface area contributed by atoms with Crippen LogP contribution in [0, 0.1) is 0 Å². The molecule has 1 aromatic carbocycles. The Hall–Kier alpha value is -1.85. The molecule has 0 saturated carbocycles. The molecule has 1 amide bonds. The Bertz CT molecular complexity index is 593. The SMILES string of the molecule is COc1ccc(-c2cscc2CN)cc1NC(C)=O. The van der Waals surface area contributed by atoms with Crippen LogP contribution >= 0.6 is 11.3 Å². The monoisotopic (exact) mass is 276 g/mol. The number of rotatable bonds is 4. The van der Waals surface area contributed by atoms with E-state index in [1.807, 2.05) is 23.6 Å². The first-order chi connectivity index (χ1) is 9.15. The highest BCUT2D eigenvalue weighted by Gasteiger charge is 2.10. The van der Waals surface area contributed by atoms with Crippen LogP contribution < -0.4 is 15.8 Å². The average Bonchev–Trinajstić information content (AvgIpc) is 2.86. The van der Waals surface area contributed by atoms with Gasteiger partial charge in [-0.3, -0.25) is 4.79 Å². The molecule has 0 spiro atoms. The third-order valence-electron chi connectivity index (χ3n) is 2.78. The number of hydrogen-bond donors (Lipinski definition) is 2. The van der Waals surface area contributed by atoms with Crippen LogP contribution in [0.1, 0.15) is 12.5 Å². The van der Waals surface area contributed by atoms with Gasteiger partial charge in [0.2, 0.25) is 5.91 Å². The number of benzene rings is 1. The number of anilines is 1. The molecular weight excluding hydrogens is 260 g/mol. The van der Waals surface area contributed by atoms with Crippen LogP contribution in [0.4, 0.5) is 5.69 Å². The van der Waals surface area contributed by atoms with Crippen molar-refractivity contribution >= 4 is 22.9 Å². The number of amides is 1. The summed E-state index contributed by atoms with van der Waals surface area (Å²) in [5.74, 6) is 0.517. The zero-order valence-corrected chi connectivity index (χ0v) is 11.7. The quantitative estimate of drug-likeness (QED) is 0.902. The van der Waals surface area contributed by atoms with Crippen molar-refractivity contribution in [2.75, 3.05) is 12.4 Å². The summed E-state index contributed by atoms with van der Waals surface area (Å²) < 4.78 is 5.24. The van der Waals surface area contributed by atoms with Crippen molar-refractivity contribution in [3.63, 3.8) is 0 Å². The number of nitrogens with one attached hydrogen (secondary N) is 1. The molecule has 0 saturated heterocycles. The molecule has 5 heteroatoms. The molecule has 100 valence electrons.